The van der Waals surface area contributed by atoms with E-state index in [1.54, 1.807) is 24.0 Å². The van der Waals surface area contributed by atoms with Crippen LogP contribution in [-0.2, 0) is 13.1 Å². The van der Waals surface area contributed by atoms with E-state index in [-0.39, 0.29) is 11.6 Å². The summed E-state index contributed by atoms with van der Waals surface area (Å²) in [6.07, 6.45) is 1.75. The molecule has 6 nitrogen and oxygen atoms in total. The molecule has 0 spiro atoms. The number of aryl methyl sites for hydroxylation is 1. The van der Waals surface area contributed by atoms with Crippen LogP contribution in [0, 0.1) is 0 Å². The maximum Gasteiger partial charge on any atom is 0.276 e. The second-order valence-corrected chi connectivity index (χ2v) is 5.79. The highest BCUT2D eigenvalue weighted by Gasteiger charge is 2.19. The van der Waals surface area contributed by atoms with E-state index in [2.05, 4.69) is 10.3 Å². The van der Waals surface area contributed by atoms with Crippen molar-refractivity contribution in [3.05, 3.63) is 59.0 Å². The third-order valence-electron chi connectivity index (χ3n) is 3.63. The van der Waals surface area contributed by atoms with Crippen molar-refractivity contribution in [2.75, 3.05) is 7.05 Å². The number of rotatable bonds is 5. The zero-order valence-corrected chi connectivity index (χ0v) is 14.2. The average molecular weight is 345 g/mol. The van der Waals surface area contributed by atoms with Gasteiger partial charge in [0.05, 0.1) is 11.6 Å². The molecule has 24 heavy (non-hydrogen) atoms. The van der Waals surface area contributed by atoms with Gasteiger partial charge in [-0.05, 0) is 6.92 Å². The highest BCUT2D eigenvalue weighted by Crippen LogP contribution is 2.21. The topological polar surface area (TPSA) is 64.2 Å². The molecule has 0 saturated carbocycles. The van der Waals surface area contributed by atoms with Crippen LogP contribution in [0.5, 0.6) is 0 Å². The third-order valence-corrected chi connectivity index (χ3v) is 3.95. The second-order valence-electron chi connectivity index (χ2n) is 5.38. The summed E-state index contributed by atoms with van der Waals surface area (Å²) in [6, 6.07) is 11.2. The van der Waals surface area contributed by atoms with Crippen molar-refractivity contribution in [1.82, 2.24) is 19.8 Å². The van der Waals surface area contributed by atoms with Crippen LogP contribution in [0.2, 0.25) is 5.02 Å². The molecule has 0 unspecified atom stereocenters. The van der Waals surface area contributed by atoms with Crippen molar-refractivity contribution >= 4 is 17.5 Å². The first-order valence-corrected chi connectivity index (χ1v) is 7.95. The predicted molar refractivity (Wildman–Crippen MR) is 90.6 cm³/mol. The normalized spacial score (nSPS) is 10.8. The molecule has 0 saturated heterocycles. The van der Waals surface area contributed by atoms with Crippen molar-refractivity contribution in [2.24, 2.45) is 0 Å². The van der Waals surface area contributed by atoms with Gasteiger partial charge in [-0.2, -0.15) is 5.10 Å². The van der Waals surface area contributed by atoms with Gasteiger partial charge in [-0.15, -0.1) is 0 Å². The van der Waals surface area contributed by atoms with Crippen molar-refractivity contribution in [1.29, 1.82) is 0 Å². The van der Waals surface area contributed by atoms with Gasteiger partial charge in [-0.1, -0.05) is 47.1 Å². The molecule has 1 aromatic carbocycles. The highest BCUT2D eigenvalue weighted by atomic mass is 35.5. The lowest BCUT2D eigenvalue weighted by molar-refractivity contribution is 0.0773. The van der Waals surface area contributed by atoms with Gasteiger partial charge in [0.1, 0.15) is 5.69 Å². The Morgan fingerprint density at radius 2 is 2.08 bits per heavy atom. The van der Waals surface area contributed by atoms with E-state index >= 15 is 0 Å². The van der Waals surface area contributed by atoms with Gasteiger partial charge < -0.3 is 9.42 Å². The van der Waals surface area contributed by atoms with Crippen LogP contribution in [-0.4, -0.2) is 32.8 Å². The van der Waals surface area contributed by atoms with E-state index in [1.807, 2.05) is 37.3 Å². The average Bonchev–Trinajstić information content (AvgIpc) is 3.22. The summed E-state index contributed by atoms with van der Waals surface area (Å²) in [4.78, 5) is 14.0. The van der Waals surface area contributed by atoms with Crippen LogP contribution >= 0.6 is 11.6 Å². The number of aromatic nitrogens is 3. The van der Waals surface area contributed by atoms with E-state index in [0.717, 1.165) is 12.1 Å². The maximum absolute atomic E-state index is 12.5. The van der Waals surface area contributed by atoms with E-state index in [0.29, 0.717) is 23.0 Å². The maximum atomic E-state index is 12.5. The lowest BCUT2D eigenvalue weighted by Gasteiger charge is -2.14. The molecule has 124 valence electrons. The molecule has 3 rings (SSSR count). The Labute approximate surface area is 144 Å². The fourth-order valence-electron chi connectivity index (χ4n) is 2.31. The predicted octanol–water partition coefficient (Wildman–Crippen LogP) is 3.48. The number of amides is 1. The molecule has 7 heteroatoms. The minimum atomic E-state index is -0.247. The molecule has 2 heterocycles. The van der Waals surface area contributed by atoms with E-state index < -0.39 is 0 Å². The Morgan fingerprint density at radius 3 is 2.75 bits per heavy atom. The smallest absolute Gasteiger partial charge is 0.276 e. The van der Waals surface area contributed by atoms with E-state index in [4.69, 9.17) is 16.1 Å². The van der Waals surface area contributed by atoms with Crippen LogP contribution in [0.3, 0.4) is 0 Å². The number of hydrogen-bond donors (Lipinski definition) is 0. The fourth-order valence-corrected chi connectivity index (χ4v) is 2.52. The Morgan fingerprint density at radius 1 is 1.33 bits per heavy atom. The molecule has 2 aromatic heterocycles. The lowest BCUT2D eigenvalue weighted by Crippen LogP contribution is -2.26. The van der Waals surface area contributed by atoms with Crippen LogP contribution in [0.1, 0.15) is 23.1 Å². The van der Waals surface area contributed by atoms with Gasteiger partial charge in [0.25, 0.3) is 5.91 Å². The Kier molecular flexibility index (Phi) is 4.66. The molecule has 0 fully saturated rings. The van der Waals surface area contributed by atoms with Crippen LogP contribution in [0.25, 0.3) is 11.3 Å². The summed E-state index contributed by atoms with van der Waals surface area (Å²) in [5.41, 5.74) is 1.78. The molecule has 0 bridgehead atoms. The van der Waals surface area contributed by atoms with Crippen molar-refractivity contribution in [3.8, 4) is 11.3 Å². The molecule has 0 atom stereocenters. The van der Waals surface area contributed by atoms with Crippen molar-refractivity contribution in [3.63, 3.8) is 0 Å². The molecule has 0 aliphatic heterocycles. The van der Waals surface area contributed by atoms with E-state index in [9.17, 15) is 4.79 Å². The number of hydrogen-bond acceptors (Lipinski definition) is 4. The molecule has 1 amide bonds. The summed E-state index contributed by atoms with van der Waals surface area (Å²) in [5, 5.41) is 8.76. The van der Waals surface area contributed by atoms with Crippen LogP contribution in [0.4, 0.5) is 0 Å². The van der Waals surface area contributed by atoms with Crippen molar-refractivity contribution in [2.45, 2.75) is 20.0 Å². The zero-order chi connectivity index (χ0) is 17.1. The van der Waals surface area contributed by atoms with Gasteiger partial charge in [0.2, 0.25) is 0 Å². The second kappa shape index (κ2) is 6.88. The first-order valence-electron chi connectivity index (χ1n) is 7.58. The molecule has 0 aliphatic rings. The summed E-state index contributed by atoms with van der Waals surface area (Å²) in [7, 11) is 1.68. The number of halogens is 1. The molecule has 3 aromatic rings. The molecule has 0 N–H and O–H groups in total. The minimum Gasteiger partial charge on any atom is -0.355 e. The van der Waals surface area contributed by atoms with Gasteiger partial charge in [0.15, 0.2) is 11.5 Å². The zero-order valence-electron chi connectivity index (χ0n) is 13.4. The molecule has 0 aliphatic carbocycles. The fraction of sp³-hybridized carbons (Fsp3) is 0.235. The number of nitrogens with zero attached hydrogens (tertiary/aromatic N) is 4. The quantitative estimate of drug-likeness (QED) is 0.710. The van der Waals surface area contributed by atoms with Gasteiger partial charge in [-0.3, -0.25) is 9.48 Å². The van der Waals surface area contributed by atoms with Crippen LogP contribution in [0.15, 0.2) is 47.1 Å². The number of carbonyl (C=O) groups is 1. The molecular weight excluding hydrogens is 328 g/mol. The Bertz CT molecular complexity index is 841. The third kappa shape index (κ3) is 3.33. The largest absolute Gasteiger partial charge is 0.355 e. The number of carbonyl (C=O) groups excluding carboxylic acids is 1. The highest BCUT2D eigenvalue weighted by molar-refractivity contribution is 6.31. The van der Waals surface area contributed by atoms with Crippen molar-refractivity contribution < 1.29 is 9.32 Å². The Hall–Kier alpha value is -2.60. The molecular formula is C17H17ClN4O2. The lowest BCUT2D eigenvalue weighted by atomic mass is 10.1. The number of benzene rings is 1. The summed E-state index contributed by atoms with van der Waals surface area (Å²) in [5.74, 6) is 0.309. The van der Waals surface area contributed by atoms with Gasteiger partial charge >= 0.3 is 0 Å². The SMILES string of the molecule is CCn1cc(Cl)c(CN(C)C(=O)c2cc(-c3ccccc3)on2)n1. The van der Waals surface area contributed by atoms with Gasteiger partial charge in [-0.25, -0.2) is 0 Å². The summed E-state index contributed by atoms with van der Waals surface area (Å²) in [6.45, 7) is 3.00. The molecule has 0 radical (unpaired) electrons. The monoisotopic (exact) mass is 344 g/mol. The standard InChI is InChI=1S/C17H17ClN4O2/c1-3-22-10-13(18)15(19-22)11-21(2)17(23)14-9-16(24-20-14)12-7-5-4-6-8-12/h4-10H,3,11H2,1-2H3. The first kappa shape index (κ1) is 16.3. The van der Waals surface area contributed by atoms with Gasteiger partial charge in [0, 0.05) is 31.4 Å². The Balaban J connectivity index is 1.74. The summed E-state index contributed by atoms with van der Waals surface area (Å²) < 4.78 is 7.01. The van der Waals surface area contributed by atoms with Crippen LogP contribution < -0.4 is 0 Å². The van der Waals surface area contributed by atoms with E-state index in [1.165, 1.54) is 4.90 Å². The first-order chi connectivity index (χ1) is 11.6. The minimum absolute atomic E-state index is 0.247. The summed E-state index contributed by atoms with van der Waals surface area (Å²) >= 11 is 6.15.